The number of benzene rings is 2. The van der Waals surface area contributed by atoms with Crippen LogP contribution in [0.4, 0.5) is 10.1 Å². The average Bonchev–Trinajstić information content (AvgIpc) is 3.17. The second-order valence-corrected chi connectivity index (χ2v) is 6.10. The van der Waals surface area contributed by atoms with Gasteiger partial charge in [-0.15, -0.1) is 11.3 Å². The summed E-state index contributed by atoms with van der Waals surface area (Å²) in [5.74, 6) is -0.634. The van der Waals surface area contributed by atoms with Gasteiger partial charge in [0.25, 0.3) is 5.91 Å². The van der Waals surface area contributed by atoms with Gasteiger partial charge in [0.15, 0.2) is 0 Å². The zero-order valence-electron chi connectivity index (χ0n) is 12.9. The number of para-hydroxylation sites is 1. The van der Waals surface area contributed by atoms with E-state index in [1.54, 1.807) is 41.2 Å². The number of amides is 1. The molecular weight excluding hydrogens is 337 g/mol. The van der Waals surface area contributed by atoms with Crippen LogP contribution < -0.4 is 5.32 Å². The van der Waals surface area contributed by atoms with Crippen LogP contribution in [-0.2, 0) is 0 Å². The Balaban J connectivity index is 1.79. The van der Waals surface area contributed by atoms with Crippen molar-refractivity contribution in [2.24, 2.45) is 0 Å². The minimum absolute atomic E-state index is 0.299. The Hall–Kier alpha value is -3.12. The van der Waals surface area contributed by atoms with Gasteiger partial charge >= 0.3 is 0 Å². The predicted molar refractivity (Wildman–Crippen MR) is 97.2 cm³/mol. The Morgan fingerprint density at radius 2 is 1.92 bits per heavy atom. The molecule has 0 fully saturated rings. The first kappa shape index (κ1) is 15.4. The Morgan fingerprint density at radius 3 is 2.72 bits per heavy atom. The quantitative estimate of drug-likeness (QED) is 0.581. The van der Waals surface area contributed by atoms with Crippen LogP contribution in [0.15, 0.2) is 65.5 Å². The van der Waals surface area contributed by atoms with Crippen molar-refractivity contribution in [2.45, 2.75) is 0 Å². The smallest absolute Gasteiger partial charge is 0.275 e. The van der Waals surface area contributed by atoms with Crippen molar-refractivity contribution < 1.29 is 9.18 Å². The maximum Gasteiger partial charge on any atom is 0.275 e. The number of rotatable bonds is 3. The van der Waals surface area contributed by atoms with Crippen molar-refractivity contribution in [3.8, 4) is 11.3 Å². The fraction of sp³-hybridized carbons (Fsp3) is 0. The number of carbonyl (C=O) groups excluding carboxylic acids is 1. The van der Waals surface area contributed by atoms with Gasteiger partial charge in [-0.3, -0.25) is 4.79 Å². The number of thiazole rings is 1. The highest BCUT2D eigenvalue weighted by Crippen LogP contribution is 2.27. The van der Waals surface area contributed by atoms with Crippen LogP contribution in [0.2, 0.25) is 0 Å². The van der Waals surface area contributed by atoms with Gasteiger partial charge in [0.05, 0.1) is 22.4 Å². The van der Waals surface area contributed by atoms with Crippen LogP contribution in [0.3, 0.4) is 0 Å². The molecule has 6 heteroatoms. The average molecular weight is 349 g/mol. The minimum Gasteiger partial charge on any atom is -0.319 e. The molecule has 0 aliphatic heterocycles. The van der Waals surface area contributed by atoms with Gasteiger partial charge in [-0.05, 0) is 24.3 Å². The SMILES string of the molecule is O=C(Nc1cccc2ccc(-c3ccccc3F)nc12)c1cscn1. The lowest BCUT2D eigenvalue weighted by molar-refractivity contribution is 0.102. The number of hydrogen-bond donors (Lipinski definition) is 1. The van der Waals surface area contributed by atoms with Crippen LogP contribution in [0.1, 0.15) is 10.5 Å². The molecule has 0 unspecified atom stereocenters. The molecule has 122 valence electrons. The van der Waals surface area contributed by atoms with Gasteiger partial charge in [0.1, 0.15) is 11.5 Å². The second kappa shape index (κ2) is 6.41. The predicted octanol–water partition coefficient (Wildman–Crippen LogP) is 4.75. The van der Waals surface area contributed by atoms with E-state index in [4.69, 9.17) is 0 Å². The highest BCUT2D eigenvalue weighted by Gasteiger charge is 2.12. The normalized spacial score (nSPS) is 10.8. The topological polar surface area (TPSA) is 54.9 Å². The molecular formula is C19H12FN3OS. The van der Waals surface area contributed by atoms with Crippen molar-refractivity contribution in [3.63, 3.8) is 0 Å². The summed E-state index contributed by atoms with van der Waals surface area (Å²) >= 11 is 1.35. The van der Waals surface area contributed by atoms with Gasteiger partial charge in [-0.1, -0.05) is 30.3 Å². The van der Waals surface area contributed by atoms with Crippen molar-refractivity contribution in [1.82, 2.24) is 9.97 Å². The van der Waals surface area contributed by atoms with E-state index in [9.17, 15) is 9.18 Å². The van der Waals surface area contributed by atoms with E-state index >= 15 is 0 Å². The molecule has 1 amide bonds. The molecule has 4 nitrogen and oxygen atoms in total. The number of carbonyl (C=O) groups is 1. The molecule has 0 aliphatic carbocycles. The Kier molecular flexibility index (Phi) is 3.95. The molecule has 2 aromatic carbocycles. The van der Waals surface area contributed by atoms with Crippen molar-refractivity contribution >= 4 is 33.8 Å². The molecule has 0 bridgehead atoms. The molecule has 1 N–H and O–H groups in total. The first-order valence-corrected chi connectivity index (χ1v) is 8.51. The molecule has 0 spiro atoms. The van der Waals surface area contributed by atoms with Gasteiger partial charge in [-0.25, -0.2) is 14.4 Å². The lowest BCUT2D eigenvalue weighted by Gasteiger charge is -2.09. The van der Waals surface area contributed by atoms with Crippen LogP contribution >= 0.6 is 11.3 Å². The fourth-order valence-electron chi connectivity index (χ4n) is 2.58. The first-order chi connectivity index (χ1) is 12.2. The number of fused-ring (bicyclic) bond motifs is 1. The number of aromatic nitrogens is 2. The number of hydrogen-bond acceptors (Lipinski definition) is 4. The number of anilines is 1. The molecule has 0 aliphatic rings. The number of nitrogens with zero attached hydrogens (tertiary/aromatic N) is 2. The van der Waals surface area contributed by atoms with Gasteiger partial charge < -0.3 is 5.32 Å². The number of nitrogens with one attached hydrogen (secondary N) is 1. The van der Waals surface area contributed by atoms with E-state index < -0.39 is 0 Å². The summed E-state index contributed by atoms with van der Waals surface area (Å²) in [7, 11) is 0. The third-order valence-electron chi connectivity index (χ3n) is 3.78. The Bertz CT molecular complexity index is 1060. The van der Waals surface area contributed by atoms with Crippen LogP contribution in [-0.4, -0.2) is 15.9 Å². The van der Waals surface area contributed by atoms with Crippen LogP contribution in [0.5, 0.6) is 0 Å². The van der Waals surface area contributed by atoms with Gasteiger partial charge in [0.2, 0.25) is 0 Å². The molecule has 0 saturated heterocycles. The van der Waals surface area contributed by atoms with Gasteiger partial charge in [-0.2, -0.15) is 0 Å². The third-order valence-corrected chi connectivity index (χ3v) is 4.37. The zero-order valence-corrected chi connectivity index (χ0v) is 13.8. The monoisotopic (exact) mass is 349 g/mol. The van der Waals surface area contributed by atoms with E-state index in [1.807, 2.05) is 18.2 Å². The zero-order chi connectivity index (χ0) is 17.2. The van der Waals surface area contributed by atoms with E-state index in [-0.39, 0.29) is 11.7 Å². The molecule has 25 heavy (non-hydrogen) atoms. The second-order valence-electron chi connectivity index (χ2n) is 5.38. The Labute approximate surface area is 147 Å². The lowest BCUT2D eigenvalue weighted by atomic mass is 10.1. The van der Waals surface area contributed by atoms with E-state index in [1.165, 1.54) is 17.4 Å². The highest BCUT2D eigenvalue weighted by atomic mass is 32.1. The number of halogens is 1. The first-order valence-electron chi connectivity index (χ1n) is 7.56. The van der Waals surface area contributed by atoms with Crippen LogP contribution in [0.25, 0.3) is 22.2 Å². The van der Waals surface area contributed by atoms with Crippen molar-refractivity contribution in [1.29, 1.82) is 0 Å². The summed E-state index contributed by atoms with van der Waals surface area (Å²) in [4.78, 5) is 20.8. The van der Waals surface area contributed by atoms with E-state index in [0.717, 1.165) is 5.39 Å². The summed E-state index contributed by atoms with van der Waals surface area (Å²) in [6, 6.07) is 15.6. The molecule has 2 heterocycles. The van der Waals surface area contributed by atoms with Crippen LogP contribution in [0, 0.1) is 5.82 Å². The Morgan fingerprint density at radius 1 is 1.04 bits per heavy atom. The minimum atomic E-state index is -0.335. The molecule has 2 aromatic heterocycles. The largest absolute Gasteiger partial charge is 0.319 e. The standard InChI is InChI=1S/C19H12FN3OS/c20-14-6-2-1-5-13(14)15-9-8-12-4-3-7-16(18(12)22-15)23-19(24)17-10-25-11-21-17/h1-11H,(H,23,24). The number of pyridine rings is 1. The van der Waals surface area contributed by atoms with Gasteiger partial charge in [0, 0.05) is 16.3 Å². The molecule has 4 aromatic rings. The van der Waals surface area contributed by atoms with E-state index in [2.05, 4.69) is 15.3 Å². The molecule has 0 saturated carbocycles. The van der Waals surface area contributed by atoms with Crippen molar-refractivity contribution in [2.75, 3.05) is 5.32 Å². The van der Waals surface area contributed by atoms with Crippen molar-refractivity contribution in [3.05, 3.63) is 77.0 Å². The lowest BCUT2D eigenvalue weighted by Crippen LogP contribution is -2.12. The summed E-state index contributed by atoms with van der Waals surface area (Å²) in [5, 5.41) is 5.37. The van der Waals surface area contributed by atoms with E-state index in [0.29, 0.717) is 28.2 Å². The summed E-state index contributed by atoms with van der Waals surface area (Å²) < 4.78 is 14.1. The summed E-state index contributed by atoms with van der Waals surface area (Å²) in [5.41, 5.74) is 4.06. The molecule has 0 atom stereocenters. The summed E-state index contributed by atoms with van der Waals surface area (Å²) in [6.45, 7) is 0. The fourth-order valence-corrected chi connectivity index (χ4v) is 3.11. The maximum absolute atomic E-state index is 14.1. The maximum atomic E-state index is 14.1. The molecule has 4 rings (SSSR count). The summed E-state index contributed by atoms with van der Waals surface area (Å²) in [6.07, 6.45) is 0. The highest BCUT2D eigenvalue weighted by molar-refractivity contribution is 7.07. The third kappa shape index (κ3) is 2.99. The molecule has 0 radical (unpaired) electrons.